The zero-order valence-corrected chi connectivity index (χ0v) is 16.5. The third-order valence-electron chi connectivity index (χ3n) is 6.29. The molecule has 0 unspecified atom stereocenters. The molecule has 0 spiro atoms. The molecule has 1 saturated carbocycles. The standard InChI is InChI=1S/C23H24N4O3/c28-21-3-1-2-20(23(21)29)27-13-18(22(25-27)14-8-10-24-11-9-14)16-4-6-17-15(12-16)5-7-19(17)26-30/h4,6,8-13,20-21,23,28-30H,1-3,5,7H2/b26-19+/t20-,21-,23+/m0/s1. The van der Waals surface area contributed by atoms with Crippen LogP contribution in [0.3, 0.4) is 0 Å². The minimum absolute atomic E-state index is 0.259. The molecule has 5 rings (SSSR count). The second kappa shape index (κ2) is 7.66. The summed E-state index contributed by atoms with van der Waals surface area (Å²) in [7, 11) is 0. The van der Waals surface area contributed by atoms with Gasteiger partial charge in [-0.25, -0.2) is 0 Å². The Morgan fingerprint density at radius 1 is 0.967 bits per heavy atom. The second-order valence-electron chi connectivity index (χ2n) is 8.08. The third-order valence-corrected chi connectivity index (χ3v) is 6.29. The van der Waals surface area contributed by atoms with E-state index in [-0.39, 0.29) is 6.04 Å². The zero-order valence-electron chi connectivity index (χ0n) is 16.5. The number of pyridine rings is 1. The molecule has 2 heterocycles. The van der Waals surface area contributed by atoms with Gasteiger partial charge in [0.2, 0.25) is 0 Å². The lowest BCUT2D eigenvalue weighted by atomic mass is 9.90. The van der Waals surface area contributed by atoms with Crippen LogP contribution < -0.4 is 0 Å². The topological polar surface area (TPSA) is 104 Å². The fourth-order valence-electron chi connectivity index (χ4n) is 4.66. The van der Waals surface area contributed by atoms with Crippen LogP contribution in [0.4, 0.5) is 0 Å². The molecule has 1 aromatic carbocycles. The summed E-state index contributed by atoms with van der Waals surface area (Å²) in [6.07, 6.45) is 7.71. The van der Waals surface area contributed by atoms with E-state index in [0.29, 0.717) is 6.42 Å². The van der Waals surface area contributed by atoms with E-state index in [0.717, 1.165) is 64.9 Å². The van der Waals surface area contributed by atoms with E-state index in [1.165, 1.54) is 0 Å². The lowest BCUT2D eigenvalue weighted by Crippen LogP contribution is -2.38. The Bertz CT molecular complexity index is 1090. The summed E-state index contributed by atoms with van der Waals surface area (Å²) in [5.41, 5.74) is 6.62. The van der Waals surface area contributed by atoms with Gasteiger partial charge in [-0.05, 0) is 55.4 Å². The van der Waals surface area contributed by atoms with Gasteiger partial charge in [0, 0.05) is 35.3 Å². The number of rotatable bonds is 3. The van der Waals surface area contributed by atoms with E-state index < -0.39 is 12.2 Å². The molecule has 0 aliphatic heterocycles. The van der Waals surface area contributed by atoms with E-state index in [1.807, 2.05) is 35.1 Å². The molecular formula is C23H24N4O3. The molecule has 2 aliphatic carbocycles. The van der Waals surface area contributed by atoms with Gasteiger partial charge in [0.15, 0.2) is 0 Å². The van der Waals surface area contributed by atoms with Crippen molar-refractivity contribution in [3.63, 3.8) is 0 Å². The summed E-state index contributed by atoms with van der Waals surface area (Å²) in [4.78, 5) is 4.11. The normalized spacial score (nSPS) is 24.9. The highest BCUT2D eigenvalue weighted by molar-refractivity contribution is 6.04. The molecule has 0 bridgehead atoms. The maximum atomic E-state index is 10.6. The van der Waals surface area contributed by atoms with Crippen LogP contribution in [0.25, 0.3) is 22.4 Å². The van der Waals surface area contributed by atoms with Crippen molar-refractivity contribution in [3.8, 4) is 22.4 Å². The maximum Gasteiger partial charge on any atom is 0.102 e. The van der Waals surface area contributed by atoms with Crippen LogP contribution in [0.5, 0.6) is 0 Å². The van der Waals surface area contributed by atoms with Gasteiger partial charge >= 0.3 is 0 Å². The molecule has 30 heavy (non-hydrogen) atoms. The maximum absolute atomic E-state index is 10.6. The first-order chi connectivity index (χ1) is 14.7. The first-order valence-corrected chi connectivity index (χ1v) is 10.4. The number of hydrogen-bond acceptors (Lipinski definition) is 6. The van der Waals surface area contributed by atoms with Crippen LogP contribution in [-0.4, -0.2) is 48.1 Å². The molecule has 2 aromatic heterocycles. The SMILES string of the molecule is O/N=C1\CCc2cc(-c3cn([C@H]4CCC[C@H](O)[C@@H]4O)nc3-c3ccncc3)ccc21. The van der Waals surface area contributed by atoms with Crippen molar-refractivity contribution in [1.29, 1.82) is 0 Å². The van der Waals surface area contributed by atoms with Gasteiger partial charge in [0.05, 0.1) is 17.9 Å². The number of aliphatic hydroxyl groups excluding tert-OH is 2. The monoisotopic (exact) mass is 404 g/mol. The van der Waals surface area contributed by atoms with E-state index in [2.05, 4.69) is 16.2 Å². The fraction of sp³-hybridized carbons (Fsp3) is 0.348. The summed E-state index contributed by atoms with van der Waals surface area (Å²) in [6.45, 7) is 0. The minimum atomic E-state index is -0.833. The molecule has 0 amide bonds. The molecule has 3 aromatic rings. The Balaban J connectivity index is 1.61. The summed E-state index contributed by atoms with van der Waals surface area (Å²) in [5.74, 6) is 0. The number of aromatic nitrogens is 3. The number of hydrogen-bond donors (Lipinski definition) is 3. The van der Waals surface area contributed by atoms with Crippen molar-refractivity contribution >= 4 is 5.71 Å². The summed E-state index contributed by atoms with van der Waals surface area (Å²) in [6, 6.07) is 9.74. The number of fused-ring (bicyclic) bond motifs is 1. The highest BCUT2D eigenvalue weighted by Crippen LogP contribution is 2.37. The predicted molar refractivity (Wildman–Crippen MR) is 112 cm³/mol. The van der Waals surface area contributed by atoms with Gasteiger partial charge in [0.25, 0.3) is 0 Å². The number of nitrogens with zero attached hydrogens (tertiary/aromatic N) is 4. The number of benzene rings is 1. The lowest BCUT2D eigenvalue weighted by molar-refractivity contribution is -0.0425. The number of aryl methyl sites for hydroxylation is 1. The molecule has 0 radical (unpaired) electrons. The van der Waals surface area contributed by atoms with Crippen molar-refractivity contribution in [2.45, 2.75) is 50.4 Å². The Hall–Kier alpha value is -3.03. The Morgan fingerprint density at radius 3 is 2.60 bits per heavy atom. The quantitative estimate of drug-likeness (QED) is 0.459. The van der Waals surface area contributed by atoms with Crippen molar-refractivity contribution < 1.29 is 15.4 Å². The van der Waals surface area contributed by atoms with E-state index in [9.17, 15) is 15.4 Å². The Kier molecular flexibility index (Phi) is 4.84. The van der Waals surface area contributed by atoms with E-state index >= 15 is 0 Å². The van der Waals surface area contributed by atoms with E-state index in [1.54, 1.807) is 12.4 Å². The average molecular weight is 404 g/mol. The Labute approximate surface area is 174 Å². The molecule has 3 N–H and O–H groups in total. The Morgan fingerprint density at radius 2 is 1.80 bits per heavy atom. The summed E-state index contributed by atoms with van der Waals surface area (Å²) >= 11 is 0. The molecule has 154 valence electrons. The second-order valence-corrected chi connectivity index (χ2v) is 8.08. The van der Waals surface area contributed by atoms with Crippen molar-refractivity contribution in [2.24, 2.45) is 5.16 Å². The molecule has 1 fully saturated rings. The van der Waals surface area contributed by atoms with E-state index in [4.69, 9.17) is 5.10 Å². The van der Waals surface area contributed by atoms with Gasteiger partial charge in [-0.15, -0.1) is 0 Å². The van der Waals surface area contributed by atoms with Gasteiger partial charge in [-0.2, -0.15) is 5.10 Å². The molecule has 0 saturated heterocycles. The summed E-state index contributed by atoms with van der Waals surface area (Å²) < 4.78 is 1.81. The zero-order chi connectivity index (χ0) is 20.7. The highest BCUT2D eigenvalue weighted by atomic mass is 16.4. The molecule has 2 aliphatic rings. The first kappa shape index (κ1) is 19.0. The van der Waals surface area contributed by atoms with Gasteiger partial charge < -0.3 is 15.4 Å². The predicted octanol–water partition coefficient (Wildman–Crippen LogP) is 3.18. The van der Waals surface area contributed by atoms with Gasteiger partial charge in [0.1, 0.15) is 11.8 Å². The molecule has 3 atom stereocenters. The fourth-order valence-corrected chi connectivity index (χ4v) is 4.66. The molecule has 7 nitrogen and oxygen atoms in total. The van der Waals surface area contributed by atoms with Crippen LogP contribution in [0, 0.1) is 0 Å². The molecular weight excluding hydrogens is 380 g/mol. The lowest BCUT2D eigenvalue weighted by Gasteiger charge is -2.31. The smallest absolute Gasteiger partial charge is 0.102 e. The number of oxime groups is 1. The van der Waals surface area contributed by atoms with Gasteiger partial charge in [-0.1, -0.05) is 23.4 Å². The summed E-state index contributed by atoms with van der Waals surface area (Å²) in [5, 5.41) is 38.2. The molecule has 7 heteroatoms. The van der Waals surface area contributed by atoms with Crippen molar-refractivity contribution in [3.05, 3.63) is 60.0 Å². The average Bonchev–Trinajstić information content (AvgIpc) is 3.40. The van der Waals surface area contributed by atoms with Crippen LogP contribution in [-0.2, 0) is 6.42 Å². The third kappa shape index (κ3) is 3.20. The first-order valence-electron chi connectivity index (χ1n) is 10.4. The minimum Gasteiger partial charge on any atom is -0.411 e. The number of aliphatic hydroxyl groups is 2. The van der Waals surface area contributed by atoms with Crippen LogP contribution in [0.15, 0.2) is 54.1 Å². The largest absolute Gasteiger partial charge is 0.411 e. The van der Waals surface area contributed by atoms with Crippen LogP contribution >= 0.6 is 0 Å². The van der Waals surface area contributed by atoms with Crippen LogP contribution in [0.1, 0.15) is 42.9 Å². The van der Waals surface area contributed by atoms with Crippen molar-refractivity contribution in [1.82, 2.24) is 14.8 Å². The van der Waals surface area contributed by atoms with Crippen molar-refractivity contribution in [2.75, 3.05) is 0 Å². The van der Waals surface area contributed by atoms with Crippen LogP contribution in [0.2, 0.25) is 0 Å². The highest BCUT2D eigenvalue weighted by Gasteiger charge is 2.33. The van der Waals surface area contributed by atoms with Gasteiger partial charge in [-0.3, -0.25) is 9.67 Å².